The SMILES string of the molecule is O=C(COCc1ccccc1)Nc1cccc(-c2cc3c(o2)CCN(C(=O)c2ccc(F)cc2)C3)c1. The molecule has 0 fully saturated rings. The summed E-state index contributed by atoms with van der Waals surface area (Å²) >= 11 is 0. The van der Waals surface area contributed by atoms with Crippen molar-refractivity contribution in [3.63, 3.8) is 0 Å². The molecular formula is C29H25FN2O4. The van der Waals surface area contributed by atoms with E-state index < -0.39 is 0 Å². The summed E-state index contributed by atoms with van der Waals surface area (Å²) in [6, 6.07) is 24.6. The minimum Gasteiger partial charge on any atom is -0.461 e. The van der Waals surface area contributed by atoms with E-state index in [0.717, 1.165) is 22.5 Å². The first-order valence-electron chi connectivity index (χ1n) is 11.7. The largest absolute Gasteiger partial charge is 0.461 e. The van der Waals surface area contributed by atoms with Gasteiger partial charge in [0.25, 0.3) is 5.91 Å². The second-order valence-corrected chi connectivity index (χ2v) is 8.65. The number of amides is 2. The Morgan fingerprint density at radius 2 is 1.78 bits per heavy atom. The Bertz CT molecular complexity index is 1370. The van der Waals surface area contributed by atoms with Gasteiger partial charge in [0.05, 0.1) is 6.61 Å². The maximum absolute atomic E-state index is 13.2. The summed E-state index contributed by atoms with van der Waals surface area (Å²) in [6.07, 6.45) is 0.595. The highest BCUT2D eigenvalue weighted by molar-refractivity contribution is 5.94. The number of anilines is 1. The van der Waals surface area contributed by atoms with E-state index in [4.69, 9.17) is 9.15 Å². The quantitative estimate of drug-likeness (QED) is 0.379. The number of ether oxygens (including phenoxy) is 1. The number of carbonyl (C=O) groups excluding carboxylic acids is 2. The summed E-state index contributed by atoms with van der Waals surface area (Å²) in [7, 11) is 0. The van der Waals surface area contributed by atoms with Crippen molar-refractivity contribution in [3.8, 4) is 11.3 Å². The van der Waals surface area contributed by atoms with Gasteiger partial charge in [-0.05, 0) is 48.0 Å². The molecule has 182 valence electrons. The Hall–Kier alpha value is -4.23. The number of hydrogen-bond donors (Lipinski definition) is 1. The highest BCUT2D eigenvalue weighted by Gasteiger charge is 2.25. The van der Waals surface area contributed by atoms with E-state index in [2.05, 4.69) is 5.32 Å². The first-order valence-corrected chi connectivity index (χ1v) is 11.7. The molecule has 4 aromatic rings. The van der Waals surface area contributed by atoms with Crippen LogP contribution in [0.25, 0.3) is 11.3 Å². The van der Waals surface area contributed by atoms with E-state index in [1.165, 1.54) is 24.3 Å². The molecule has 0 radical (unpaired) electrons. The average Bonchev–Trinajstić information content (AvgIpc) is 3.33. The van der Waals surface area contributed by atoms with Crippen molar-refractivity contribution >= 4 is 17.5 Å². The maximum Gasteiger partial charge on any atom is 0.254 e. The van der Waals surface area contributed by atoms with Gasteiger partial charge in [-0.1, -0.05) is 42.5 Å². The smallest absolute Gasteiger partial charge is 0.254 e. The van der Waals surface area contributed by atoms with E-state index in [9.17, 15) is 14.0 Å². The van der Waals surface area contributed by atoms with Gasteiger partial charge in [0.15, 0.2) is 0 Å². The Labute approximate surface area is 208 Å². The first kappa shape index (κ1) is 23.5. The first-order chi connectivity index (χ1) is 17.5. The number of nitrogens with zero attached hydrogens (tertiary/aromatic N) is 1. The van der Waals surface area contributed by atoms with Gasteiger partial charge in [-0.3, -0.25) is 9.59 Å². The van der Waals surface area contributed by atoms with E-state index in [0.29, 0.717) is 43.1 Å². The molecule has 1 aliphatic heterocycles. The molecule has 3 aromatic carbocycles. The van der Waals surface area contributed by atoms with E-state index in [1.807, 2.05) is 60.7 Å². The third kappa shape index (κ3) is 5.53. The monoisotopic (exact) mass is 484 g/mol. The fraction of sp³-hybridized carbons (Fsp3) is 0.172. The van der Waals surface area contributed by atoms with Gasteiger partial charge in [-0.15, -0.1) is 0 Å². The van der Waals surface area contributed by atoms with Crippen LogP contribution in [-0.4, -0.2) is 29.9 Å². The molecule has 1 N–H and O–H groups in total. The van der Waals surface area contributed by atoms with Crippen LogP contribution >= 0.6 is 0 Å². The van der Waals surface area contributed by atoms with E-state index in [-0.39, 0.29) is 24.2 Å². The Morgan fingerprint density at radius 1 is 0.972 bits per heavy atom. The predicted molar refractivity (Wildman–Crippen MR) is 134 cm³/mol. The lowest BCUT2D eigenvalue weighted by molar-refractivity contribution is -0.121. The topological polar surface area (TPSA) is 71.8 Å². The summed E-state index contributed by atoms with van der Waals surface area (Å²) in [5.41, 5.74) is 3.87. The van der Waals surface area contributed by atoms with Crippen LogP contribution in [0.5, 0.6) is 0 Å². The van der Waals surface area contributed by atoms with Crippen LogP contribution in [0.3, 0.4) is 0 Å². The number of nitrogens with one attached hydrogen (secondary N) is 1. The van der Waals surface area contributed by atoms with Crippen molar-refractivity contribution in [2.75, 3.05) is 18.5 Å². The lowest BCUT2D eigenvalue weighted by Gasteiger charge is -2.26. The van der Waals surface area contributed by atoms with Crippen LogP contribution in [-0.2, 0) is 29.1 Å². The van der Waals surface area contributed by atoms with Gasteiger partial charge in [-0.25, -0.2) is 4.39 Å². The summed E-state index contributed by atoms with van der Waals surface area (Å²) in [6.45, 7) is 1.26. The second kappa shape index (κ2) is 10.6. The standard InChI is InChI=1S/C29H25FN2O4/c30-24-11-9-21(10-12-24)29(34)32-14-13-26-23(17-32)16-27(36-26)22-7-4-8-25(15-22)31-28(33)19-35-18-20-5-2-1-3-6-20/h1-12,15-16H,13-14,17-19H2,(H,31,33). The molecule has 0 saturated heterocycles. The van der Waals surface area contributed by atoms with Crippen LogP contribution < -0.4 is 5.32 Å². The van der Waals surface area contributed by atoms with Crippen molar-refractivity contribution in [3.05, 3.63) is 113 Å². The van der Waals surface area contributed by atoms with Crippen molar-refractivity contribution in [1.82, 2.24) is 4.90 Å². The molecule has 2 amide bonds. The molecule has 2 heterocycles. The summed E-state index contributed by atoms with van der Waals surface area (Å²) in [5.74, 6) is 0.772. The molecule has 36 heavy (non-hydrogen) atoms. The Kier molecular flexibility index (Phi) is 6.91. The maximum atomic E-state index is 13.2. The molecule has 0 unspecified atom stereocenters. The third-order valence-electron chi connectivity index (χ3n) is 6.02. The molecule has 5 rings (SSSR count). The van der Waals surface area contributed by atoms with Crippen LogP contribution in [0.15, 0.2) is 89.3 Å². The van der Waals surface area contributed by atoms with E-state index >= 15 is 0 Å². The molecule has 0 aliphatic carbocycles. The molecule has 0 bridgehead atoms. The Morgan fingerprint density at radius 3 is 2.58 bits per heavy atom. The van der Waals surface area contributed by atoms with Gasteiger partial charge in [0, 0.05) is 41.9 Å². The highest BCUT2D eigenvalue weighted by Crippen LogP contribution is 2.31. The lowest BCUT2D eigenvalue weighted by Crippen LogP contribution is -2.35. The number of benzene rings is 3. The fourth-order valence-corrected chi connectivity index (χ4v) is 4.21. The molecule has 1 aromatic heterocycles. The minimum atomic E-state index is -0.370. The molecule has 0 spiro atoms. The van der Waals surface area contributed by atoms with Crippen LogP contribution in [0.2, 0.25) is 0 Å². The summed E-state index contributed by atoms with van der Waals surface area (Å²) < 4.78 is 24.8. The fourth-order valence-electron chi connectivity index (χ4n) is 4.21. The van der Waals surface area contributed by atoms with Gasteiger partial charge in [-0.2, -0.15) is 0 Å². The molecular weight excluding hydrogens is 459 g/mol. The average molecular weight is 485 g/mol. The third-order valence-corrected chi connectivity index (χ3v) is 6.02. The minimum absolute atomic E-state index is 0.0495. The summed E-state index contributed by atoms with van der Waals surface area (Å²) in [4.78, 5) is 26.9. The normalized spacial score (nSPS) is 12.8. The number of furan rings is 1. The van der Waals surface area contributed by atoms with Gasteiger partial charge < -0.3 is 19.4 Å². The van der Waals surface area contributed by atoms with Gasteiger partial charge >= 0.3 is 0 Å². The number of rotatable bonds is 7. The van der Waals surface area contributed by atoms with Crippen molar-refractivity contribution in [1.29, 1.82) is 0 Å². The predicted octanol–water partition coefficient (Wildman–Crippen LogP) is 5.44. The number of hydrogen-bond acceptors (Lipinski definition) is 4. The van der Waals surface area contributed by atoms with Crippen molar-refractivity contribution in [2.24, 2.45) is 0 Å². The second-order valence-electron chi connectivity index (χ2n) is 8.65. The molecule has 7 heteroatoms. The molecule has 1 aliphatic rings. The zero-order chi connectivity index (χ0) is 24.9. The lowest BCUT2D eigenvalue weighted by atomic mass is 10.1. The van der Waals surface area contributed by atoms with Gasteiger partial charge in [0.2, 0.25) is 5.91 Å². The highest BCUT2D eigenvalue weighted by atomic mass is 19.1. The number of fused-ring (bicyclic) bond motifs is 1. The van der Waals surface area contributed by atoms with Crippen LogP contribution in [0.1, 0.15) is 27.2 Å². The number of carbonyl (C=O) groups is 2. The Balaban J connectivity index is 1.21. The molecule has 0 atom stereocenters. The van der Waals surface area contributed by atoms with Crippen LogP contribution in [0, 0.1) is 5.82 Å². The zero-order valence-electron chi connectivity index (χ0n) is 19.6. The van der Waals surface area contributed by atoms with E-state index in [1.54, 1.807) is 4.90 Å². The summed E-state index contributed by atoms with van der Waals surface area (Å²) in [5, 5.41) is 2.86. The van der Waals surface area contributed by atoms with Crippen LogP contribution in [0.4, 0.5) is 10.1 Å². The zero-order valence-corrected chi connectivity index (χ0v) is 19.6. The van der Waals surface area contributed by atoms with Crippen molar-refractivity contribution < 1.29 is 23.1 Å². The van der Waals surface area contributed by atoms with Gasteiger partial charge in [0.1, 0.15) is 23.9 Å². The number of halogens is 1. The van der Waals surface area contributed by atoms with Crippen molar-refractivity contribution in [2.45, 2.75) is 19.6 Å². The molecule has 6 nitrogen and oxygen atoms in total. The molecule has 0 saturated carbocycles.